The van der Waals surface area contributed by atoms with Gasteiger partial charge in [0.25, 0.3) is 0 Å². The maximum atomic E-state index is 9.89. The van der Waals surface area contributed by atoms with Gasteiger partial charge in [0.15, 0.2) is 6.73 Å². The van der Waals surface area contributed by atoms with E-state index in [1.54, 1.807) is 18.5 Å². The molecule has 0 aliphatic carbocycles. The van der Waals surface area contributed by atoms with Crippen LogP contribution in [0.4, 0.5) is 0 Å². The Balaban J connectivity index is 2.76. The molecule has 0 aromatic carbocycles. The van der Waals surface area contributed by atoms with Crippen molar-refractivity contribution in [1.29, 1.82) is 0 Å². The smallest absolute Gasteiger partial charge is 0.174 e. The Labute approximate surface area is 41.2 Å². The van der Waals surface area contributed by atoms with Gasteiger partial charge in [-0.2, -0.15) is 5.10 Å². The molecule has 3 nitrogen and oxygen atoms in total. The fraction of sp³-hybridized carbons (Fsp3) is 0.250. The molecule has 0 saturated heterocycles. The number of hydrogen-bond acceptors (Lipinski definition) is 1. The fourth-order valence-electron chi connectivity index (χ4n) is 0.377. The lowest BCUT2D eigenvalue weighted by molar-refractivity contribution is 0.108. The first-order valence-electron chi connectivity index (χ1n) is 1.99. The first-order valence-corrected chi connectivity index (χ1v) is 1.99. The molecule has 1 rings (SSSR count). The summed E-state index contributed by atoms with van der Waals surface area (Å²) >= 11 is 0. The van der Waals surface area contributed by atoms with Crippen LogP contribution >= 0.6 is 0 Å². The van der Waals surface area contributed by atoms with Gasteiger partial charge in [-0.1, -0.05) is 0 Å². The lowest BCUT2D eigenvalue weighted by Crippen LogP contribution is -1.93. The van der Waals surface area contributed by atoms with Crippen LogP contribution in [-0.4, -0.2) is 9.78 Å². The zero-order valence-electron chi connectivity index (χ0n) is 3.74. The SMILES string of the molecule is [O]Cn1cccn1. The zero-order chi connectivity index (χ0) is 5.11. The summed E-state index contributed by atoms with van der Waals surface area (Å²) in [7, 11) is 0. The van der Waals surface area contributed by atoms with E-state index in [-0.39, 0.29) is 6.73 Å². The monoisotopic (exact) mass is 97.0 g/mol. The molecule has 1 radical (unpaired) electrons. The molecule has 37 valence electrons. The molecule has 0 aliphatic rings. The molecule has 0 fully saturated rings. The topological polar surface area (TPSA) is 37.7 Å². The summed E-state index contributed by atoms with van der Waals surface area (Å²) in [5, 5.41) is 13.5. The number of aromatic nitrogens is 2. The number of hydrogen-bond donors (Lipinski definition) is 0. The predicted molar refractivity (Wildman–Crippen MR) is 22.9 cm³/mol. The Morgan fingerprint density at radius 1 is 1.71 bits per heavy atom. The fourth-order valence-corrected chi connectivity index (χ4v) is 0.377. The van der Waals surface area contributed by atoms with Crippen LogP contribution in [0.3, 0.4) is 0 Å². The number of nitrogens with zero attached hydrogens (tertiary/aromatic N) is 2. The average Bonchev–Trinajstić information content (AvgIpc) is 2.14. The summed E-state index contributed by atoms with van der Waals surface area (Å²) in [6.45, 7) is -0.285. The van der Waals surface area contributed by atoms with Gasteiger partial charge in [-0.3, -0.25) is 0 Å². The molecule has 0 atom stereocenters. The summed E-state index contributed by atoms with van der Waals surface area (Å²) in [5.41, 5.74) is 0. The third kappa shape index (κ3) is 0.778. The van der Waals surface area contributed by atoms with E-state index in [0.29, 0.717) is 0 Å². The third-order valence-corrected chi connectivity index (χ3v) is 0.691. The van der Waals surface area contributed by atoms with Gasteiger partial charge in [-0.15, -0.1) is 0 Å². The normalized spacial score (nSPS) is 9.29. The average molecular weight is 97.1 g/mol. The molecule has 1 heterocycles. The molecular weight excluding hydrogens is 92.1 g/mol. The zero-order valence-corrected chi connectivity index (χ0v) is 3.74. The van der Waals surface area contributed by atoms with Crippen LogP contribution in [0, 0.1) is 0 Å². The highest BCUT2D eigenvalue weighted by atomic mass is 16.3. The Hall–Kier alpha value is -0.830. The van der Waals surface area contributed by atoms with E-state index < -0.39 is 0 Å². The van der Waals surface area contributed by atoms with Gasteiger partial charge in [-0.25, -0.2) is 9.79 Å². The van der Waals surface area contributed by atoms with Crippen molar-refractivity contribution in [1.82, 2.24) is 9.78 Å². The largest absolute Gasteiger partial charge is 0.244 e. The van der Waals surface area contributed by atoms with E-state index in [1.165, 1.54) is 4.68 Å². The Morgan fingerprint density at radius 3 is 2.86 bits per heavy atom. The quantitative estimate of drug-likeness (QED) is 0.495. The van der Waals surface area contributed by atoms with Gasteiger partial charge >= 0.3 is 0 Å². The highest BCUT2D eigenvalue weighted by molar-refractivity contribution is 4.76. The Morgan fingerprint density at radius 2 is 2.57 bits per heavy atom. The summed E-state index contributed by atoms with van der Waals surface area (Å²) < 4.78 is 1.32. The first-order chi connectivity index (χ1) is 3.43. The lowest BCUT2D eigenvalue weighted by atomic mass is 10.8. The van der Waals surface area contributed by atoms with Crippen molar-refractivity contribution in [2.24, 2.45) is 0 Å². The minimum Gasteiger partial charge on any atom is -0.244 e. The van der Waals surface area contributed by atoms with Gasteiger partial charge in [0, 0.05) is 12.4 Å². The van der Waals surface area contributed by atoms with Crippen LogP contribution in [0.1, 0.15) is 0 Å². The van der Waals surface area contributed by atoms with Crippen molar-refractivity contribution in [2.75, 3.05) is 0 Å². The van der Waals surface area contributed by atoms with Crippen LogP contribution in [0.5, 0.6) is 0 Å². The van der Waals surface area contributed by atoms with Gasteiger partial charge in [-0.05, 0) is 6.07 Å². The molecule has 3 heteroatoms. The predicted octanol–water partition coefficient (Wildman–Crippen LogP) is 0.271. The second kappa shape index (κ2) is 1.75. The van der Waals surface area contributed by atoms with E-state index in [9.17, 15) is 5.11 Å². The Kier molecular flexibility index (Phi) is 1.08. The van der Waals surface area contributed by atoms with Crippen molar-refractivity contribution in [3.8, 4) is 0 Å². The van der Waals surface area contributed by atoms with E-state index in [4.69, 9.17) is 0 Å². The van der Waals surface area contributed by atoms with Crippen LogP contribution in [-0.2, 0) is 11.8 Å². The van der Waals surface area contributed by atoms with Gasteiger partial charge in [0.05, 0.1) is 0 Å². The number of rotatable bonds is 1. The second-order valence-corrected chi connectivity index (χ2v) is 1.17. The molecule has 0 amide bonds. The van der Waals surface area contributed by atoms with Gasteiger partial charge in [0.2, 0.25) is 0 Å². The molecule has 0 aliphatic heterocycles. The van der Waals surface area contributed by atoms with Crippen LogP contribution in [0.15, 0.2) is 18.5 Å². The van der Waals surface area contributed by atoms with Crippen LogP contribution in [0.2, 0.25) is 0 Å². The van der Waals surface area contributed by atoms with E-state index in [2.05, 4.69) is 5.10 Å². The summed E-state index contributed by atoms with van der Waals surface area (Å²) in [5.74, 6) is 0. The molecule has 1 aromatic rings. The van der Waals surface area contributed by atoms with Crippen LogP contribution < -0.4 is 0 Å². The molecule has 1 aromatic heterocycles. The highest BCUT2D eigenvalue weighted by Gasteiger charge is 1.79. The van der Waals surface area contributed by atoms with E-state index in [0.717, 1.165) is 0 Å². The minimum atomic E-state index is -0.285. The van der Waals surface area contributed by atoms with E-state index in [1.807, 2.05) is 0 Å². The van der Waals surface area contributed by atoms with Crippen molar-refractivity contribution >= 4 is 0 Å². The maximum Gasteiger partial charge on any atom is 0.174 e. The molecule has 0 N–H and O–H groups in total. The van der Waals surface area contributed by atoms with Crippen molar-refractivity contribution in [3.63, 3.8) is 0 Å². The maximum absolute atomic E-state index is 9.89. The lowest BCUT2D eigenvalue weighted by Gasteiger charge is -1.84. The summed E-state index contributed by atoms with van der Waals surface area (Å²) in [4.78, 5) is 0. The molecular formula is C4H5N2O. The minimum absolute atomic E-state index is 0.285. The van der Waals surface area contributed by atoms with Crippen molar-refractivity contribution < 1.29 is 5.11 Å². The highest BCUT2D eigenvalue weighted by Crippen LogP contribution is 1.78. The third-order valence-electron chi connectivity index (χ3n) is 0.691. The molecule has 7 heavy (non-hydrogen) atoms. The van der Waals surface area contributed by atoms with Crippen molar-refractivity contribution in [3.05, 3.63) is 18.5 Å². The van der Waals surface area contributed by atoms with Crippen LogP contribution in [0.25, 0.3) is 0 Å². The summed E-state index contributed by atoms with van der Waals surface area (Å²) in [6, 6.07) is 1.72. The van der Waals surface area contributed by atoms with E-state index >= 15 is 0 Å². The first kappa shape index (κ1) is 4.33. The summed E-state index contributed by atoms with van der Waals surface area (Å²) in [6.07, 6.45) is 3.21. The van der Waals surface area contributed by atoms with Gasteiger partial charge in [0.1, 0.15) is 0 Å². The molecule has 0 bridgehead atoms. The van der Waals surface area contributed by atoms with Gasteiger partial charge < -0.3 is 0 Å². The Bertz CT molecular complexity index is 124. The molecule has 0 saturated carbocycles. The second-order valence-electron chi connectivity index (χ2n) is 1.17. The molecule has 0 unspecified atom stereocenters. The molecule has 0 spiro atoms. The standard InChI is InChI=1S/C4H5N2O/c7-4-6-3-1-2-5-6/h1-3H,4H2. The van der Waals surface area contributed by atoms with Crippen molar-refractivity contribution in [2.45, 2.75) is 6.73 Å².